The zero-order valence-corrected chi connectivity index (χ0v) is 15.5. The van der Waals surface area contributed by atoms with E-state index in [0.717, 1.165) is 49.5 Å². The predicted octanol–water partition coefficient (Wildman–Crippen LogP) is 2.94. The minimum absolute atomic E-state index is 0.00314. The third kappa shape index (κ3) is 5.56. The molecule has 2 aromatic rings. The molecule has 3 rings (SSSR count). The lowest BCUT2D eigenvalue weighted by Crippen LogP contribution is -2.38. The third-order valence-corrected chi connectivity index (χ3v) is 4.75. The van der Waals surface area contributed by atoms with Gasteiger partial charge in [0.2, 0.25) is 11.8 Å². The topological polar surface area (TPSA) is 88.6 Å². The van der Waals surface area contributed by atoms with Crippen molar-refractivity contribution in [3.8, 4) is 0 Å². The number of carbonyl (C=O) groups is 2. The van der Waals surface area contributed by atoms with Gasteiger partial charge >= 0.3 is 0 Å². The van der Waals surface area contributed by atoms with E-state index in [1.165, 1.54) is 6.08 Å². The van der Waals surface area contributed by atoms with Crippen LogP contribution in [0, 0.1) is 12.8 Å². The van der Waals surface area contributed by atoms with Gasteiger partial charge in [0.1, 0.15) is 11.5 Å². The van der Waals surface area contributed by atoms with E-state index in [0.29, 0.717) is 5.76 Å². The molecule has 0 atom stereocenters. The summed E-state index contributed by atoms with van der Waals surface area (Å²) in [7, 11) is 0. The number of likely N-dealkylation sites (tertiary alicyclic amines) is 1. The predicted molar refractivity (Wildman–Crippen MR) is 105 cm³/mol. The van der Waals surface area contributed by atoms with Crippen molar-refractivity contribution in [3.05, 3.63) is 59.6 Å². The van der Waals surface area contributed by atoms with E-state index >= 15 is 0 Å². The van der Waals surface area contributed by atoms with Gasteiger partial charge < -0.3 is 15.5 Å². The molecule has 0 spiro atoms. The summed E-state index contributed by atoms with van der Waals surface area (Å²) in [6.45, 7) is 4.36. The number of rotatable bonds is 6. The second-order valence-corrected chi connectivity index (χ2v) is 6.92. The molecule has 1 aromatic carbocycles. The summed E-state index contributed by atoms with van der Waals surface area (Å²) in [5.41, 5.74) is 7.26. The minimum atomic E-state index is -0.205. The Hall–Kier alpha value is -2.86. The fourth-order valence-corrected chi connectivity index (χ4v) is 3.27. The van der Waals surface area contributed by atoms with Crippen molar-refractivity contribution in [1.29, 1.82) is 0 Å². The SMILES string of the molecule is Cc1ccc(/C=C/C(=O)Nc2cccc(CN3CCC(C(N)=O)CC3)c2)o1. The van der Waals surface area contributed by atoms with Gasteiger partial charge in [-0.3, -0.25) is 14.5 Å². The highest BCUT2D eigenvalue weighted by Gasteiger charge is 2.22. The number of piperidine rings is 1. The lowest BCUT2D eigenvalue weighted by atomic mass is 9.96. The number of primary amides is 1. The van der Waals surface area contributed by atoms with Crippen LogP contribution in [0.25, 0.3) is 6.08 Å². The number of benzene rings is 1. The molecule has 1 aliphatic heterocycles. The average molecular weight is 367 g/mol. The maximum Gasteiger partial charge on any atom is 0.248 e. The Morgan fingerprint density at radius 3 is 2.70 bits per heavy atom. The minimum Gasteiger partial charge on any atom is -0.462 e. The van der Waals surface area contributed by atoms with Gasteiger partial charge in [-0.1, -0.05) is 12.1 Å². The molecule has 27 heavy (non-hydrogen) atoms. The van der Waals surface area contributed by atoms with Gasteiger partial charge in [-0.2, -0.15) is 0 Å². The van der Waals surface area contributed by atoms with Crippen LogP contribution in [0.1, 0.15) is 29.9 Å². The summed E-state index contributed by atoms with van der Waals surface area (Å²) in [5, 5.41) is 2.87. The van der Waals surface area contributed by atoms with Gasteiger partial charge in [-0.15, -0.1) is 0 Å². The zero-order valence-electron chi connectivity index (χ0n) is 15.5. The number of hydrogen-bond donors (Lipinski definition) is 2. The number of anilines is 1. The Morgan fingerprint density at radius 2 is 2.04 bits per heavy atom. The highest BCUT2D eigenvalue weighted by atomic mass is 16.3. The second-order valence-electron chi connectivity index (χ2n) is 6.92. The van der Waals surface area contributed by atoms with Crippen LogP contribution >= 0.6 is 0 Å². The zero-order chi connectivity index (χ0) is 19.2. The average Bonchev–Trinajstić information content (AvgIpc) is 3.06. The maximum atomic E-state index is 12.1. The van der Waals surface area contributed by atoms with E-state index in [9.17, 15) is 9.59 Å². The molecular formula is C21H25N3O3. The molecule has 0 bridgehead atoms. The van der Waals surface area contributed by atoms with Gasteiger partial charge in [0.25, 0.3) is 0 Å². The van der Waals surface area contributed by atoms with E-state index in [1.807, 2.05) is 43.3 Å². The van der Waals surface area contributed by atoms with Crippen LogP contribution in [-0.4, -0.2) is 29.8 Å². The molecule has 0 aliphatic carbocycles. The number of hydrogen-bond acceptors (Lipinski definition) is 4. The monoisotopic (exact) mass is 367 g/mol. The number of carbonyl (C=O) groups excluding carboxylic acids is 2. The van der Waals surface area contributed by atoms with Crippen molar-refractivity contribution in [2.24, 2.45) is 11.7 Å². The molecule has 6 nitrogen and oxygen atoms in total. The Bertz CT molecular complexity index is 833. The van der Waals surface area contributed by atoms with Gasteiger partial charge in [0.05, 0.1) is 0 Å². The van der Waals surface area contributed by atoms with Crippen LogP contribution in [0.5, 0.6) is 0 Å². The fraction of sp³-hybridized carbons (Fsp3) is 0.333. The Kier molecular flexibility index (Phi) is 6.08. The van der Waals surface area contributed by atoms with Crippen LogP contribution < -0.4 is 11.1 Å². The number of aryl methyl sites for hydroxylation is 1. The first-order chi connectivity index (χ1) is 13.0. The number of nitrogens with two attached hydrogens (primary N) is 1. The summed E-state index contributed by atoms with van der Waals surface area (Å²) in [6, 6.07) is 11.5. The van der Waals surface area contributed by atoms with Crippen molar-refractivity contribution in [2.75, 3.05) is 18.4 Å². The summed E-state index contributed by atoms with van der Waals surface area (Å²) >= 11 is 0. The highest BCUT2D eigenvalue weighted by Crippen LogP contribution is 2.20. The molecule has 0 radical (unpaired) electrons. The molecule has 0 unspecified atom stereocenters. The van der Waals surface area contributed by atoms with Gasteiger partial charge in [-0.05, 0) is 68.8 Å². The van der Waals surface area contributed by atoms with Crippen LogP contribution in [-0.2, 0) is 16.1 Å². The van der Waals surface area contributed by atoms with Crippen molar-refractivity contribution >= 4 is 23.6 Å². The van der Waals surface area contributed by atoms with Crippen molar-refractivity contribution < 1.29 is 14.0 Å². The third-order valence-electron chi connectivity index (χ3n) is 4.75. The van der Waals surface area contributed by atoms with Gasteiger partial charge in [0.15, 0.2) is 0 Å². The summed E-state index contributed by atoms with van der Waals surface area (Å²) in [6.07, 6.45) is 4.72. The van der Waals surface area contributed by atoms with Crippen molar-refractivity contribution in [3.63, 3.8) is 0 Å². The Balaban J connectivity index is 1.53. The smallest absolute Gasteiger partial charge is 0.248 e. The number of nitrogens with zero attached hydrogens (tertiary/aromatic N) is 1. The quantitative estimate of drug-likeness (QED) is 0.768. The van der Waals surface area contributed by atoms with E-state index in [2.05, 4.69) is 10.2 Å². The van der Waals surface area contributed by atoms with E-state index in [-0.39, 0.29) is 17.7 Å². The Morgan fingerprint density at radius 1 is 1.26 bits per heavy atom. The van der Waals surface area contributed by atoms with Crippen LogP contribution in [0.3, 0.4) is 0 Å². The molecule has 1 fully saturated rings. The summed E-state index contributed by atoms with van der Waals surface area (Å²) in [5.74, 6) is 1.05. The van der Waals surface area contributed by atoms with Crippen LogP contribution in [0.4, 0.5) is 5.69 Å². The molecule has 3 N–H and O–H groups in total. The molecule has 2 amide bonds. The maximum absolute atomic E-state index is 12.1. The molecule has 2 heterocycles. The molecule has 6 heteroatoms. The molecule has 1 aliphatic rings. The van der Waals surface area contributed by atoms with E-state index < -0.39 is 0 Å². The van der Waals surface area contributed by atoms with Crippen LogP contribution in [0.15, 0.2) is 46.9 Å². The molecule has 0 saturated carbocycles. The number of amides is 2. The number of furan rings is 1. The molecular weight excluding hydrogens is 342 g/mol. The molecule has 142 valence electrons. The molecule has 1 aromatic heterocycles. The second kappa shape index (κ2) is 8.68. The largest absolute Gasteiger partial charge is 0.462 e. The number of nitrogens with one attached hydrogen (secondary N) is 1. The van der Waals surface area contributed by atoms with Crippen molar-refractivity contribution in [1.82, 2.24) is 4.90 Å². The highest BCUT2D eigenvalue weighted by molar-refractivity contribution is 6.01. The fourth-order valence-electron chi connectivity index (χ4n) is 3.27. The first-order valence-electron chi connectivity index (χ1n) is 9.16. The normalized spacial score (nSPS) is 15.9. The summed E-state index contributed by atoms with van der Waals surface area (Å²) < 4.78 is 5.41. The molecule has 1 saturated heterocycles. The van der Waals surface area contributed by atoms with E-state index in [1.54, 1.807) is 6.08 Å². The lowest BCUT2D eigenvalue weighted by molar-refractivity contribution is -0.123. The van der Waals surface area contributed by atoms with Crippen LogP contribution in [0.2, 0.25) is 0 Å². The standard InChI is InChI=1S/C21H25N3O3/c1-15-5-6-19(27-15)7-8-20(25)23-18-4-2-3-16(13-18)14-24-11-9-17(10-12-24)21(22)26/h2-8,13,17H,9-12,14H2,1H3,(H2,22,26)(H,23,25)/b8-7+. The summed E-state index contributed by atoms with van der Waals surface area (Å²) in [4.78, 5) is 25.7. The first kappa shape index (κ1) is 18.9. The van der Waals surface area contributed by atoms with Gasteiger partial charge in [-0.25, -0.2) is 0 Å². The Labute approximate surface area is 159 Å². The van der Waals surface area contributed by atoms with Gasteiger partial charge in [0, 0.05) is 24.2 Å². The van der Waals surface area contributed by atoms with E-state index in [4.69, 9.17) is 10.2 Å². The van der Waals surface area contributed by atoms with Crippen molar-refractivity contribution in [2.45, 2.75) is 26.3 Å². The lowest BCUT2D eigenvalue weighted by Gasteiger charge is -2.30. The first-order valence-corrected chi connectivity index (χ1v) is 9.16.